The van der Waals surface area contributed by atoms with Gasteiger partial charge in [0, 0.05) is 18.3 Å². The number of fused-ring (bicyclic) bond motifs is 3. The quantitative estimate of drug-likeness (QED) is 0.411. The first kappa shape index (κ1) is 27.6. The molecule has 0 aromatic heterocycles. The number of ketones is 4. The Hall–Kier alpha value is -2.91. The SMILES string of the molecule is CCCC1CCC(Cc2ccc3c(c2O)C(=O)C2C(=O)[C@]4(O)C(=O)C(C(N)=O)C(=O)C[C@@H]4[C@@H](O)[C@@H]2[C@H]3C)CC1. The first-order valence-electron chi connectivity index (χ1n) is 14.1. The van der Waals surface area contributed by atoms with Crippen molar-refractivity contribution in [1.29, 1.82) is 0 Å². The average Bonchev–Trinajstić information content (AvgIpc) is 2.89. The molecular formula is C30H37NO8. The number of hydrogen-bond donors (Lipinski definition) is 4. The summed E-state index contributed by atoms with van der Waals surface area (Å²) in [6, 6.07) is 3.55. The highest BCUT2D eigenvalue weighted by molar-refractivity contribution is 6.31. The van der Waals surface area contributed by atoms with Crippen LogP contribution in [0, 0.1) is 35.5 Å². The molecule has 0 aliphatic heterocycles. The molecule has 9 heteroatoms. The van der Waals surface area contributed by atoms with Gasteiger partial charge in [0.2, 0.25) is 5.91 Å². The molecule has 4 aliphatic carbocycles. The van der Waals surface area contributed by atoms with Crippen molar-refractivity contribution in [3.63, 3.8) is 0 Å². The van der Waals surface area contributed by atoms with E-state index in [1.165, 1.54) is 6.42 Å². The van der Waals surface area contributed by atoms with Crippen molar-refractivity contribution in [3.05, 3.63) is 28.8 Å². The Kier molecular flexibility index (Phi) is 7.04. The second kappa shape index (κ2) is 9.93. The molecule has 0 spiro atoms. The Balaban J connectivity index is 1.49. The van der Waals surface area contributed by atoms with Crippen LogP contribution in [-0.4, -0.2) is 56.1 Å². The van der Waals surface area contributed by atoms with Gasteiger partial charge < -0.3 is 21.1 Å². The highest BCUT2D eigenvalue weighted by Crippen LogP contribution is 2.54. The predicted molar refractivity (Wildman–Crippen MR) is 139 cm³/mol. The molecule has 0 radical (unpaired) electrons. The molecule has 9 nitrogen and oxygen atoms in total. The van der Waals surface area contributed by atoms with Crippen molar-refractivity contribution in [3.8, 4) is 5.75 Å². The van der Waals surface area contributed by atoms with E-state index in [1.807, 2.05) is 0 Å². The van der Waals surface area contributed by atoms with Crippen molar-refractivity contribution in [2.24, 2.45) is 41.2 Å². The van der Waals surface area contributed by atoms with Crippen LogP contribution in [-0.2, 0) is 25.6 Å². The molecule has 1 aromatic rings. The topological polar surface area (TPSA) is 172 Å². The molecule has 1 aromatic carbocycles. The van der Waals surface area contributed by atoms with E-state index in [-0.39, 0.29) is 11.3 Å². The summed E-state index contributed by atoms with van der Waals surface area (Å²) in [6.07, 6.45) is 5.19. The maximum Gasteiger partial charge on any atom is 0.235 e. The fourth-order valence-electron chi connectivity index (χ4n) is 8.01. The molecule has 5 N–H and O–H groups in total. The van der Waals surface area contributed by atoms with Gasteiger partial charge in [-0.2, -0.15) is 0 Å². The molecule has 0 saturated heterocycles. The van der Waals surface area contributed by atoms with Crippen LogP contribution in [0.25, 0.3) is 0 Å². The summed E-state index contributed by atoms with van der Waals surface area (Å²) in [7, 11) is 0. The van der Waals surface area contributed by atoms with Crippen molar-refractivity contribution in [2.45, 2.75) is 82.8 Å². The van der Waals surface area contributed by atoms with Gasteiger partial charge in [0.05, 0.1) is 17.6 Å². The number of benzene rings is 1. The molecule has 0 heterocycles. The van der Waals surface area contributed by atoms with Gasteiger partial charge >= 0.3 is 0 Å². The molecule has 39 heavy (non-hydrogen) atoms. The van der Waals surface area contributed by atoms with Crippen LogP contribution < -0.4 is 5.73 Å². The van der Waals surface area contributed by atoms with E-state index in [0.717, 1.165) is 38.0 Å². The normalized spacial score (nSPS) is 38.2. The summed E-state index contributed by atoms with van der Waals surface area (Å²) >= 11 is 0. The third kappa shape index (κ3) is 4.08. The van der Waals surface area contributed by atoms with Crippen LogP contribution in [0.4, 0.5) is 0 Å². The van der Waals surface area contributed by atoms with Crippen LogP contribution in [0.1, 0.15) is 86.2 Å². The number of Topliss-reactive ketones (excluding diaryl/α,β-unsaturated/α-hetero) is 4. The fourth-order valence-corrected chi connectivity index (χ4v) is 8.01. The van der Waals surface area contributed by atoms with Gasteiger partial charge in [-0.3, -0.25) is 24.0 Å². The zero-order chi connectivity index (χ0) is 28.4. The third-order valence-corrected chi connectivity index (χ3v) is 10.1. The van der Waals surface area contributed by atoms with Gasteiger partial charge in [-0.05, 0) is 48.1 Å². The largest absolute Gasteiger partial charge is 0.507 e. The number of carbonyl (C=O) groups is 5. The van der Waals surface area contributed by atoms with E-state index in [0.29, 0.717) is 23.5 Å². The minimum atomic E-state index is -2.90. The lowest BCUT2D eigenvalue weighted by Gasteiger charge is -2.52. The second-order valence-electron chi connectivity index (χ2n) is 12.2. The number of carbonyl (C=O) groups excluding carboxylic acids is 5. The van der Waals surface area contributed by atoms with Crippen molar-refractivity contribution >= 4 is 29.0 Å². The molecule has 3 saturated carbocycles. The second-order valence-corrected chi connectivity index (χ2v) is 12.2. The highest BCUT2D eigenvalue weighted by atomic mass is 16.3. The third-order valence-electron chi connectivity index (χ3n) is 10.1. The number of phenols is 1. The van der Waals surface area contributed by atoms with Crippen LogP contribution in [0.15, 0.2) is 12.1 Å². The number of aromatic hydroxyl groups is 1. The Morgan fingerprint density at radius 3 is 2.31 bits per heavy atom. The van der Waals surface area contributed by atoms with Gasteiger partial charge in [-0.25, -0.2) is 0 Å². The molecule has 2 unspecified atom stereocenters. The first-order valence-corrected chi connectivity index (χ1v) is 14.1. The number of primary amides is 1. The molecule has 0 bridgehead atoms. The van der Waals surface area contributed by atoms with E-state index in [4.69, 9.17) is 5.73 Å². The maximum atomic E-state index is 13.9. The Morgan fingerprint density at radius 2 is 1.69 bits per heavy atom. The lowest BCUT2D eigenvalue weighted by Crippen LogP contribution is -2.72. The number of aliphatic hydroxyl groups excluding tert-OH is 1. The van der Waals surface area contributed by atoms with Crippen LogP contribution in [0.2, 0.25) is 0 Å². The lowest BCUT2D eigenvalue weighted by molar-refractivity contribution is -0.189. The smallest absolute Gasteiger partial charge is 0.235 e. The standard InChI is InChI=1S/C30H37NO8/c1-3-4-14-5-7-15(8-6-14)11-16-9-10-17-13(2)20-23(26(35)21(17)24(16)33)28(37)30(39)18(25(20)34)12-19(32)22(27(30)36)29(31)38/h9-10,13-15,18,20,22-23,25,33-34,39H,3-8,11-12H2,1-2H3,(H2,31,38)/t13-,14?,15?,18+,20+,22?,23?,25+,30+/m0/s1. The van der Waals surface area contributed by atoms with Crippen molar-refractivity contribution in [2.75, 3.05) is 0 Å². The average molecular weight is 540 g/mol. The van der Waals surface area contributed by atoms with E-state index >= 15 is 0 Å². The van der Waals surface area contributed by atoms with Gasteiger partial charge in [-0.15, -0.1) is 0 Å². The monoisotopic (exact) mass is 539 g/mol. The summed E-state index contributed by atoms with van der Waals surface area (Å²) in [5, 5.41) is 34.0. The minimum absolute atomic E-state index is 0.0192. The number of nitrogens with two attached hydrogens (primary N) is 1. The molecule has 5 rings (SSSR count). The summed E-state index contributed by atoms with van der Waals surface area (Å²) in [5.41, 5.74) is 3.40. The number of rotatable bonds is 5. The minimum Gasteiger partial charge on any atom is -0.507 e. The van der Waals surface area contributed by atoms with Crippen molar-refractivity contribution in [1.82, 2.24) is 0 Å². The summed E-state index contributed by atoms with van der Waals surface area (Å²) < 4.78 is 0. The van der Waals surface area contributed by atoms with Crippen LogP contribution in [0.5, 0.6) is 5.75 Å². The van der Waals surface area contributed by atoms with Crippen LogP contribution in [0.3, 0.4) is 0 Å². The number of amides is 1. The number of phenolic OH excluding ortho intramolecular Hbond substituents is 1. The summed E-state index contributed by atoms with van der Waals surface area (Å²) in [4.78, 5) is 65.1. The van der Waals surface area contributed by atoms with Crippen LogP contribution >= 0.6 is 0 Å². The van der Waals surface area contributed by atoms with Gasteiger partial charge in [0.25, 0.3) is 0 Å². The Morgan fingerprint density at radius 1 is 1.05 bits per heavy atom. The molecule has 7 atom stereocenters. The molecule has 3 fully saturated rings. The predicted octanol–water partition coefficient (Wildman–Crippen LogP) is 2.01. The number of hydrogen-bond acceptors (Lipinski definition) is 8. The highest BCUT2D eigenvalue weighted by Gasteiger charge is 2.69. The summed E-state index contributed by atoms with van der Waals surface area (Å²) in [5.74, 6) is -11.3. The Bertz CT molecular complexity index is 1250. The zero-order valence-corrected chi connectivity index (χ0v) is 22.4. The molecular weight excluding hydrogens is 502 g/mol. The van der Waals surface area contributed by atoms with E-state index in [1.54, 1.807) is 19.1 Å². The van der Waals surface area contributed by atoms with Crippen molar-refractivity contribution < 1.29 is 39.3 Å². The first-order chi connectivity index (χ1) is 18.4. The van der Waals surface area contributed by atoms with Gasteiger partial charge in [0.15, 0.2) is 34.7 Å². The lowest BCUT2D eigenvalue weighted by atomic mass is 9.50. The fraction of sp³-hybridized carbons (Fsp3) is 0.633. The molecule has 210 valence electrons. The Labute approximate surface area is 227 Å². The molecule has 4 aliphatic rings. The summed E-state index contributed by atoms with van der Waals surface area (Å²) in [6.45, 7) is 3.91. The maximum absolute atomic E-state index is 13.9. The number of aliphatic hydroxyl groups is 2. The van der Waals surface area contributed by atoms with Gasteiger partial charge in [0.1, 0.15) is 5.75 Å². The van der Waals surface area contributed by atoms with Gasteiger partial charge in [-0.1, -0.05) is 51.7 Å². The zero-order valence-electron chi connectivity index (χ0n) is 22.4. The van der Waals surface area contributed by atoms with E-state index in [2.05, 4.69) is 6.92 Å². The molecule has 1 amide bonds. The van der Waals surface area contributed by atoms with E-state index in [9.17, 15) is 39.3 Å². The van der Waals surface area contributed by atoms with E-state index < -0.39 is 76.8 Å².